The van der Waals surface area contributed by atoms with Crippen LogP contribution in [0.2, 0.25) is 0 Å². The number of hydrogen-bond donors (Lipinski definition) is 2. The van der Waals surface area contributed by atoms with Crippen LogP contribution in [0.5, 0.6) is 0 Å². The average Bonchev–Trinajstić information content (AvgIpc) is 3.95. The third-order valence-electron chi connectivity index (χ3n) is 13.6. The third kappa shape index (κ3) is 6.71. The van der Waals surface area contributed by atoms with Crippen LogP contribution < -0.4 is 10.6 Å². The zero-order chi connectivity index (χ0) is 45.0. The van der Waals surface area contributed by atoms with Crippen molar-refractivity contribution in [3.63, 3.8) is 0 Å². The highest BCUT2D eigenvalue weighted by molar-refractivity contribution is 6.26. The molecule has 0 saturated carbocycles. The Morgan fingerprint density at radius 2 is 0.779 bits per heavy atom. The predicted octanol–water partition coefficient (Wildman–Crippen LogP) is 15.4. The number of aliphatic imine (C=N–C) groups is 1. The van der Waals surface area contributed by atoms with E-state index in [0.29, 0.717) is 0 Å². The van der Waals surface area contributed by atoms with Crippen molar-refractivity contribution < 1.29 is 0 Å². The number of para-hydroxylation sites is 3. The fourth-order valence-electron chi connectivity index (χ4n) is 10.5. The van der Waals surface area contributed by atoms with E-state index in [-0.39, 0.29) is 12.3 Å². The van der Waals surface area contributed by atoms with Crippen LogP contribution in [0.3, 0.4) is 0 Å². The second-order valence-electron chi connectivity index (χ2n) is 17.6. The molecule has 5 nitrogen and oxygen atoms in total. The SMILES string of the molecule is c1ccc(-c2cccc(-c3cccc(C4N=C(n5c6ccccc6c6ccc7c8ccccc8n(-c8c(-c9ccccc9)cccc8-c8ccccc8)c7c65)NC(c5ccccc5)N4)c3)c2)cc1. The van der Waals surface area contributed by atoms with Gasteiger partial charge in [-0.3, -0.25) is 9.88 Å². The molecular formula is C63H45N5. The summed E-state index contributed by atoms with van der Waals surface area (Å²) in [5, 5.41) is 12.6. The van der Waals surface area contributed by atoms with Gasteiger partial charge in [-0.05, 0) is 68.8 Å². The fourth-order valence-corrected chi connectivity index (χ4v) is 10.5. The standard InChI is InChI=1S/C63H45N5/c1-5-20-42(21-6-1)46-28-17-29-47(40-46)48-30-18-31-49(41-48)62-64-61(45-26-11-4-12-27-45)65-63(66-62)68-57-37-16-14-33-53(57)55-39-38-54-52-32-13-15-36-56(52)67(59(54)60(55)68)58-50(43-22-7-2-8-23-43)34-19-35-51(58)44-24-9-3-10-25-44/h1-41,61-62,64H,(H,65,66). The predicted molar refractivity (Wildman–Crippen MR) is 283 cm³/mol. The molecule has 10 aromatic carbocycles. The maximum Gasteiger partial charge on any atom is 0.206 e. The van der Waals surface area contributed by atoms with Gasteiger partial charge in [0.1, 0.15) is 12.3 Å². The van der Waals surface area contributed by atoms with Crippen molar-refractivity contribution in [2.75, 3.05) is 0 Å². The van der Waals surface area contributed by atoms with Gasteiger partial charge in [-0.25, -0.2) is 4.99 Å². The summed E-state index contributed by atoms with van der Waals surface area (Å²) >= 11 is 0. The van der Waals surface area contributed by atoms with E-state index in [1.807, 2.05) is 0 Å². The number of nitrogens with zero attached hydrogens (tertiary/aromatic N) is 3. The Hall–Kier alpha value is -8.77. The lowest BCUT2D eigenvalue weighted by Crippen LogP contribution is -2.47. The summed E-state index contributed by atoms with van der Waals surface area (Å²) in [6, 6.07) is 89.6. The number of rotatable bonds is 7. The molecule has 3 heterocycles. The summed E-state index contributed by atoms with van der Waals surface area (Å²) in [5.41, 5.74) is 17.1. The number of benzene rings is 10. The molecule has 2 N–H and O–H groups in total. The minimum Gasteiger partial charge on any atom is -0.336 e. The molecule has 5 heteroatoms. The topological polar surface area (TPSA) is 46.3 Å². The van der Waals surface area contributed by atoms with Gasteiger partial charge >= 0.3 is 0 Å². The van der Waals surface area contributed by atoms with Crippen molar-refractivity contribution in [2.24, 2.45) is 4.99 Å². The van der Waals surface area contributed by atoms with Crippen LogP contribution >= 0.6 is 0 Å². The summed E-state index contributed by atoms with van der Waals surface area (Å²) in [4.78, 5) is 5.71. The molecule has 68 heavy (non-hydrogen) atoms. The Balaban J connectivity index is 1.08. The van der Waals surface area contributed by atoms with E-state index in [0.717, 1.165) is 89.0 Å². The van der Waals surface area contributed by atoms with Crippen LogP contribution in [0.4, 0.5) is 0 Å². The van der Waals surface area contributed by atoms with Crippen LogP contribution in [-0.2, 0) is 0 Å². The maximum absolute atomic E-state index is 5.71. The van der Waals surface area contributed by atoms with Crippen LogP contribution in [-0.4, -0.2) is 15.1 Å². The van der Waals surface area contributed by atoms with E-state index in [2.05, 4.69) is 268 Å². The molecule has 0 spiro atoms. The first-order chi connectivity index (χ1) is 33.7. The molecule has 1 aliphatic rings. The lowest BCUT2D eigenvalue weighted by atomic mass is 9.95. The van der Waals surface area contributed by atoms with Gasteiger partial charge in [-0.2, -0.15) is 0 Å². The smallest absolute Gasteiger partial charge is 0.206 e. The van der Waals surface area contributed by atoms with Crippen molar-refractivity contribution in [1.82, 2.24) is 19.8 Å². The summed E-state index contributed by atoms with van der Waals surface area (Å²) in [6.07, 6.45) is -0.623. The number of fused-ring (bicyclic) bond motifs is 7. The Morgan fingerprint density at radius 1 is 0.338 bits per heavy atom. The van der Waals surface area contributed by atoms with Crippen LogP contribution in [0, 0.1) is 0 Å². The van der Waals surface area contributed by atoms with Crippen LogP contribution in [0.15, 0.2) is 254 Å². The van der Waals surface area contributed by atoms with Gasteiger partial charge in [-0.1, -0.05) is 224 Å². The van der Waals surface area contributed by atoms with Crippen LogP contribution in [0.25, 0.3) is 93.8 Å². The monoisotopic (exact) mass is 871 g/mol. The number of nitrogens with one attached hydrogen (secondary N) is 2. The van der Waals surface area contributed by atoms with Crippen molar-refractivity contribution in [2.45, 2.75) is 12.3 Å². The second-order valence-corrected chi connectivity index (χ2v) is 17.6. The highest BCUT2D eigenvalue weighted by Gasteiger charge is 2.30. The summed E-state index contributed by atoms with van der Waals surface area (Å²) in [6.45, 7) is 0. The van der Waals surface area contributed by atoms with Gasteiger partial charge in [0.2, 0.25) is 5.96 Å². The molecule has 322 valence electrons. The van der Waals surface area contributed by atoms with Gasteiger partial charge in [-0.15, -0.1) is 0 Å². The van der Waals surface area contributed by atoms with E-state index in [4.69, 9.17) is 4.99 Å². The van der Waals surface area contributed by atoms with Gasteiger partial charge in [0.05, 0.1) is 27.8 Å². The highest BCUT2D eigenvalue weighted by atomic mass is 15.4. The minimum absolute atomic E-state index is 0.247. The first-order valence-corrected chi connectivity index (χ1v) is 23.4. The lowest BCUT2D eigenvalue weighted by molar-refractivity contribution is 0.403. The Bertz CT molecular complexity index is 3790. The van der Waals surface area contributed by atoms with Crippen molar-refractivity contribution in [3.8, 4) is 50.2 Å². The third-order valence-corrected chi connectivity index (χ3v) is 13.6. The summed E-state index contributed by atoms with van der Waals surface area (Å²) in [7, 11) is 0. The van der Waals surface area contributed by atoms with E-state index < -0.39 is 0 Å². The van der Waals surface area contributed by atoms with E-state index in [1.165, 1.54) is 21.9 Å². The fraction of sp³-hybridized carbons (Fsp3) is 0.0317. The number of hydrogen-bond acceptors (Lipinski definition) is 3. The summed E-state index contributed by atoms with van der Waals surface area (Å²) < 4.78 is 4.93. The molecule has 0 saturated heterocycles. The molecule has 0 bridgehead atoms. The first kappa shape index (κ1) is 39.6. The Morgan fingerprint density at radius 3 is 1.40 bits per heavy atom. The Kier molecular flexibility index (Phi) is 9.66. The molecule has 0 fully saturated rings. The van der Waals surface area contributed by atoms with Crippen molar-refractivity contribution in [3.05, 3.63) is 260 Å². The molecular weight excluding hydrogens is 827 g/mol. The molecule has 13 rings (SSSR count). The van der Waals surface area contributed by atoms with Crippen LogP contribution in [0.1, 0.15) is 23.5 Å². The van der Waals surface area contributed by atoms with E-state index in [1.54, 1.807) is 0 Å². The molecule has 12 aromatic rings. The molecule has 0 radical (unpaired) electrons. The van der Waals surface area contributed by atoms with Gasteiger partial charge in [0.15, 0.2) is 0 Å². The van der Waals surface area contributed by atoms with Gasteiger partial charge in [0.25, 0.3) is 0 Å². The first-order valence-electron chi connectivity index (χ1n) is 23.4. The molecule has 2 unspecified atom stereocenters. The molecule has 0 amide bonds. The minimum atomic E-state index is -0.376. The zero-order valence-corrected chi connectivity index (χ0v) is 37.2. The molecule has 2 aromatic heterocycles. The molecule has 1 aliphatic heterocycles. The van der Waals surface area contributed by atoms with Crippen molar-refractivity contribution >= 4 is 49.6 Å². The second kappa shape index (κ2) is 16.6. The van der Waals surface area contributed by atoms with Gasteiger partial charge < -0.3 is 9.88 Å². The maximum atomic E-state index is 5.71. The average molecular weight is 872 g/mol. The van der Waals surface area contributed by atoms with Gasteiger partial charge in [0, 0.05) is 32.7 Å². The summed E-state index contributed by atoms with van der Waals surface area (Å²) in [5.74, 6) is 0.772. The van der Waals surface area contributed by atoms with Crippen molar-refractivity contribution in [1.29, 1.82) is 0 Å². The largest absolute Gasteiger partial charge is 0.336 e. The van der Waals surface area contributed by atoms with E-state index >= 15 is 0 Å². The molecule has 2 atom stereocenters. The quantitative estimate of drug-likeness (QED) is 0.168. The van der Waals surface area contributed by atoms with E-state index in [9.17, 15) is 0 Å². The normalized spacial score (nSPS) is 14.9. The lowest BCUT2D eigenvalue weighted by Gasteiger charge is -2.33. The highest BCUT2D eigenvalue weighted by Crippen LogP contribution is 2.45. The molecule has 0 aliphatic carbocycles. The Labute approximate surface area is 394 Å². The zero-order valence-electron chi connectivity index (χ0n) is 37.2. The number of aromatic nitrogens is 2.